The van der Waals surface area contributed by atoms with Gasteiger partial charge in [0.05, 0.1) is 13.0 Å². The fourth-order valence-corrected chi connectivity index (χ4v) is 2.08. The number of rotatable bonds is 7. The maximum atomic E-state index is 12.2. The lowest BCUT2D eigenvalue weighted by molar-refractivity contribution is -0.132. The minimum atomic E-state index is -4.21. The Morgan fingerprint density at radius 2 is 1.92 bits per heavy atom. The summed E-state index contributed by atoms with van der Waals surface area (Å²) in [6.07, 6.45) is -4.53. The van der Waals surface area contributed by atoms with Gasteiger partial charge >= 0.3 is 6.18 Å². The second-order valence-electron chi connectivity index (χ2n) is 5.70. The normalized spacial score (nSPS) is 11.5. The van der Waals surface area contributed by atoms with Gasteiger partial charge in [0.1, 0.15) is 0 Å². The Hall–Kier alpha value is -1.52. The van der Waals surface area contributed by atoms with Crippen LogP contribution in [0.3, 0.4) is 0 Å². The van der Waals surface area contributed by atoms with E-state index in [9.17, 15) is 18.0 Å². The van der Waals surface area contributed by atoms with Gasteiger partial charge in [0.25, 0.3) is 5.91 Å². The number of nitrogens with zero attached hydrogens (tertiary/aromatic N) is 2. The van der Waals surface area contributed by atoms with Crippen LogP contribution in [0.5, 0.6) is 0 Å². The van der Waals surface area contributed by atoms with E-state index in [0.717, 1.165) is 5.56 Å². The summed E-state index contributed by atoms with van der Waals surface area (Å²) in [5.74, 6) is 0.282. The van der Waals surface area contributed by atoms with E-state index in [1.54, 1.807) is 20.2 Å². The van der Waals surface area contributed by atoms with E-state index in [1.807, 2.05) is 25.1 Å². The van der Waals surface area contributed by atoms with E-state index in [1.165, 1.54) is 4.90 Å². The lowest BCUT2D eigenvalue weighted by atomic mass is 10.1. The maximum absolute atomic E-state index is 12.2. The molecule has 0 aliphatic rings. The average molecular weight is 486 g/mol. The molecule has 0 fully saturated rings. The van der Waals surface area contributed by atoms with Gasteiger partial charge in [-0.05, 0) is 31.0 Å². The predicted octanol–water partition coefficient (Wildman–Crippen LogP) is 3.06. The third kappa shape index (κ3) is 9.83. The van der Waals surface area contributed by atoms with Gasteiger partial charge in [-0.2, -0.15) is 13.2 Å². The summed E-state index contributed by atoms with van der Waals surface area (Å²) in [6.45, 7) is 2.59. The van der Waals surface area contributed by atoms with E-state index in [4.69, 9.17) is 0 Å². The molecule has 0 bridgehead atoms. The molecule has 0 unspecified atom stereocenters. The second kappa shape index (κ2) is 12.0. The molecule has 0 saturated carbocycles. The number of hydrogen-bond donors (Lipinski definition) is 2. The third-order valence-corrected chi connectivity index (χ3v) is 3.30. The summed E-state index contributed by atoms with van der Waals surface area (Å²) in [5, 5.41) is 5.91. The van der Waals surface area contributed by atoms with Crippen LogP contribution in [-0.2, 0) is 6.42 Å². The molecule has 0 atom stereocenters. The molecule has 5 nitrogen and oxygen atoms in total. The topological polar surface area (TPSA) is 56.7 Å². The molecule has 0 spiro atoms. The fourth-order valence-electron chi connectivity index (χ4n) is 2.08. The molecule has 0 aliphatic heterocycles. The van der Waals surface area contributed by atoms with Gasteiger partial charge in [0, 0.05) is 32.7 Å². The van der Waals surface area contributed by atoms with Crippen molar-refractivity contribution in [1.29, 1.82) is 0 Å². The Kier molecular flexibility index (Phi) is 11.3. The molecule has 26 heavy (non-hydrogen) atoms. The van der Waals surface area contributed by atoms with Crippen LogP contribution in [0.25, 0.3) is 0 Å². The van der Waals surface area contributed by atoms with Gasteiger partial charge in [-0.15, -0.1) is 24.0 Å². The van der Waals surface area contributed by atoms with E-state index in [0.29, 0.717) is 31.0 Å². The first-order valence-electron chi connectivity index (χ1n) is 8.12. The van der Waals surface area contributed by atoms with E-state index in [-0.39, 0.29) is 36.4 Å². The van der Waals surface area contributed by atoms with Crippen LogP contribution >= 0.6 is 24.0 Å². The molecule has 0 radical (unpaired) electrons. The molecule has 1 rings (SSSR count). The molecule has 1 aromatic rings. The first-order valence-corrected chi connectivity index (χ1v) is 8.12. The summed E-state index contributed by atoms with van der Waals surface area (Å²) in [7, 11) is 3.38. The molecule has 0 saturated heterocycles. The lowest BCUT2D eigenvalue weighted by Crippen LogP contribution is -2.38. The minimum absolute atomic E-state index is 0. The zero-order valence-corrected chi connectivity index (χ0v) is 17.5. The number of benzene rings is 1. The number of aliphatic imine (C=N–C) groups is 1. The molecule has 2 N–H and O–H groups in total. The van der Waals surface area contributed by atoms with Gasteiger partial charge in [0.15, 0.2) is 5.96 Å². The number of carbonyl (C=O) groups is 1. The number of nitrogens with one attached hydrogen (secondary N) is 2. The van der Waals surface area contributed by atoms with Crippen molar-refractivity contribution in [2.24, 2.45) is 4.99 Å². The molecule has 1 aromatic carbocycles. The van der Waals surface area contributed by atoms with Crippen molar-refractivity contribution < 1.29 is 18.0 Å². The van der Waals surface area contributed by atoms with Crippen LogP contribution in [0.1, 0.15) is 29.3 Å². The lowest BCUT2D eigenvalue weighted by Gasteiger charge is -2.13. The van der Waals surface area contributed by atoms with Crippen molar-refractivity contribution >= 4 is 35.8 Å². The van der Waals surface area contributed by atoms with Crippen molar-refractivity contribution in [2.75, 3.05) is 33.7 Å². The molecule has 0 aliphatic carbocycles. The smallest absolute Gasteiger partial charge is 0.357 e. The van der Waals surface area contributed by atoms with E-state index < -0.39 is 12.6 Å². The highest BCUT2D eigenvalue weighted by atomic mass is 127. The maximum Gasteiger partial charge on any atom is 0.390 e. The number of guanidine groups is 1. The Morgan fingerprint density at radius 1 is 1.23 bits per heavy atom. The minimum Gasteiger partial charge on any atom is -0.357 e. The van der Waals surface area contributed by atoms with Gasteiger partial charge in [0.2, 0.25) is 0 Å². The van der Waals surface area contributed by atoms with Crippen LogP contribution in [0.15, 0.2) is 29.3 Å². The van der Waals surface area contributed by atoms with Crippen molar-refractivity contribution in [1.82, 2.24) is 15.5 Å². The number of alkyl halides is 3. The fraction of sp³-hybridized carbons (Fsp3) is 0.529. The van der Waals surface area contributed by atoms with Crippen molar-refractivity contribution in [2.45, 2.75) is 25.9 Å². The van der Waals surface area contributed by atoms with Crippen LogP contribution in [-0.4, -0.2) is 56.7 Å². The van der Waals surface area contributed by atoms with Gasteiger partial charge in [-0.3, -0.25) is 9.79 Å². The molecule has 0 aromatic heterocycles. The van der Waals surface area contributed by atoms with Gasteiger partial charge < -0.3 is 15.5 Å². The third-order valence-electron chi connectivity index (χ3n) is 3.30. The van der Waals surface area contributed by atoms with Crippen molar-refractivity contribution in [3.8, 4) is 0 Å². The second-order valence-corrected chi connectivity index (χ2v) is 5.70. The quantitative estimate of drug-likeness (QED) is 0.354. The van der Waals surface area contributed by atoms with Gasteiger partial charge in [-0.1, -0.05) is 12.1 Å². The Balaban J connectivity index is 0.00000625. The van der Waals surface area contributed by atoms with E-state index >= 15 is 0 Å². The zero-order chi connectivity index (χ0) is 18.9. The number of amides is 1. The number of carbonyl (C=O) groups excluding carboxylic acids is 1. The summed E-state index contributed by atoms with van der Waals surface area (Å²) in [4.78, 5) is 17.4. The highest BCUT2D eigenvalue weighted by Gasteiger charge is 2.26. The molecule has 148 valence electrons. The van der Waals surface area contributed by atoms with E-state index in [2.05, 4.69) is 15.6 Å². The summed E-state index contributed by atoms with van der Waals surface area (Å²) < 4.78 is 36.6. The first kappa shape index (κ1) is 24.5. The molecule has 0 heterocycles. The Morgan fingerprint density at radius 3 is 2.50 bits per heavy atom. The highest BCUT2D eigenvalue weighted by molar-refractivity contribution is 14.0. The SMILES string of the molecule is CCNC(=NCCC(F)(F)F)NCCc1cccc(C(=O)N(C)C)c1.I. The summed E-state index contributed by atoms with van der Waals surface area (Å²) >= 11 is 0. The average Bonchev–Trinajstić information content (AvgIpc) is 2.53. The predicted molar refractivity (Wildman–Crippen MR) is 108 cm³/mol. The van der Waals surface area contributed by atoms with Crippen LogP contribution in [0, 0.1) is 0 Å². The number of hydrogen-bond acceptors (Lipinski definition) is 2. The van der Waals surface area contributed by atoms with Crippen LogP contribution in [0.2, 0.25) is 0 Å². The standard InChI is InChI=1S/C17H25F3N4O.HI/c1-4-21-16(23-11-9-17(18,19)20)22-10-8-13-6-5-7-14(12-13)15(25)24(2)3;/h5-7,12H,4,8-11H2,1-3H3,(H2,21,22,23);1H. The summed E-state index contributed by atoms with van der Waals surface area (Å²) in [6, 6.07) is 7.29. The first-order chi connectivity index (χ1) is 11.7. The van der Waals surface area contributed by atoms with Crippen molar-refractivity contribution in [3.63, 3.8) is 0 Å². The van der Waals surface area contributed by atoms with Crippen LogP contribution in [0.4, 0.5) is 13.2 Å². The van der Waals surface area contributed by atoms with Crippen LogP contribution < -0.4 is 10.6 Å². The molecular weight excluding hydrogens is 460 g/mol. The zero-order valence-electron chi connectivity index (χ0n) is 15.2. The number of halogens is 4. The summed E-state index contributed by atoms with van der Waals surface area (Å²) in [5.41, 5.74) is 1.57. The Bertz CT molecular complexity index is 592. The highest BCUT2D eigenvalue weighted by Crippen LogP contribution is 2.18. The molecule has 1 amide bonds. The largest absolute Gasteiger partial charge is 0.390 e. The molecular formula is C17H26F3IN4O. The van der Waals surface area contributed by atoms with Gasteiger partial charge in [-0.25, -0.2) is 0 Å². The Labute approximate surface area is 169 Å². The monoisotopic (exact) mass is 486 g/mol. The van der Waals surface area contributed by atoms with Crippen molar-refractivity contribution in [3.05, 3.63) is 35.4 Å². The molecule has 9 heteroatoms.